The van der Waals surface area contributed by atoms with Gasteiger partial charge in [0.15, 0.2) is 0 Å². The molecular formula is C6H6BrN4O+. The van der Waals surface area contributed by atoms with Crippen LogP contribution in [0.1, 0.15) is 5.69 Å². The Morgan fingerprint density at radius 1 is 1.67 bits per heavy atom. The third kappa shape index (κ3) is 0.878. The summed E-state index contributed by atoms with van der Waals surface area (Å²) in [4.78, 5) is 11.5. The van der Waals surface area contributed by atoms with Gasteiger partial charge in [0.25, 0.3) is 11.8 Å². The lowest BCUT2D eigenvalue weighted by Gasteiger charge is -1.93. The van der Waals surface area contributed by atoms with Gasteiger partial charge in [-0.05, 0) is 22.9 Å². The Hall–Kier alpha value is -1.17. The predicted octanol–water partition coefficient (Wildman–Crippen LogP) is -0.0924. The van der Waals surface area contributed by atoms with Gasteiger partial charge in [0, 0.05) is 5.10 Å². The van der Waals surface area contributed by atoms with Crippen molar-refractivity contribution in [3.05, 3.63) is 26.7 Å². The van der Waals surface area contributed by atoms with Gasteiger partial charge in [0.1, 0.15) is 0 Å². The maximum Gasteiger partial charge on any atom is 0.329 e. The Balaban J connectivity index is 3.05. The van der Waals surface area contributed by atoms with E-state index in [0.29, 0.717) is 10.1 Å². The molecular weight excluding hydrogens is 224 g/mol. The van der Waals surface area contributed by atoms with Crippen molar-refractivity contribution in [3.8, 4) is 0 Å². The van der Waals surface area contributed by atoms with E-state index in [0.717, 1.165) is 5.69 Å². The molecule has 2 N–H and O–H groups in total. The summed E-state index contributed by atoms with van der Waals surface area (Å²) in [5.74, 6) is 0. The number of aromatic nitrogens is 4. The maximum absolute atomic E-state index is 11.5. The summed E-state index contributed by atoms with van der Waals surface area (Å²) >= 11 is 3.18. The molecule has 2 heterocycles. The molecule has 0 unspecified atom stereocenters. The molecule has 5 nitrogen and oxygen atoms in total. The van der Waals surface area contributed by atoms with Crippen LogP contribution in [0.2, 0.25) is 0 Å². The van der Waals surface area contributed by atoms with Crippen LogP contribution in [-0.4, -0.2) is 15.3 Å². The minimum atomic E-state index is -0.0938. The van der Waals surface area contributed by atoms with Crippen LogP contribution in [0.3, 0.4) is 0 Å². The Kier molecular flexibility index (Phi) is 1.50. The lowest BCUT2D eigenvalue weighted by atomic mass is 10.4. The molecule has 0 saturated heterocycles. The van der Waals surface area contributed by atoms with Gasteiger partial charge in [-0.1, -0.05) is 0 Å². The second kappa shape index (κ2) is 2.41. The number of nitrogens with zero attached hydrogens (tertiary/aromatic N) is 2. The lowest BCUT2D eigenvalue weighted by molar-refractivity contribution is -0.582. The van der Waals surface area contributed by atoms with Gasteiger partial charge in [0.2, 0.25) is 0 Å². The first kappa shape index (κ1) is 7.48. The van der Waals surface area contributed by atoms with E-state index >= 15 is 0 Å². The fourth-order valence-corrected chi connectivity index (χ4v) is 1.28. The highest BCUT2D eigenvalue weighted by atomic mass is 79.9. The Morgan fingerprint density at radius 2 is 2.42 bits per heavy atom. The fraction of sp³-hybridized carbons (Fsp3) is 0.167. The van der Waals surface area contributed by atoms with E-state index < -0.39 is 0 Å². The highest BCUT2D eigenvalue weighted by Gasteiger charge is 2.12. The van der Waals surface area contributed by atoms with Crippen LogP contribution < -0.4 is 9.94 Å². The first-order valence-corrected chi connectivity index (χ1v) is 4.12. The third-order valence-corrected chi connectivity index (χ3v) is 2.57. The van der Waals surface area contributed by atoms with Crippen LogP contribution in [-0.2, 0) is 0 Å². The number of H-pyrrole nitrogens is 2. The molecule has 0 saturated carbocycles. The van der Waals surface area contributed by atoms with Crippen LogP contribution in [0.5, 0.6) is 0 Å². The van der Waals surface area contributed by atoms with E-state index in [1.165, 1.54) is 6.33 Å². The number of nitrogens with one attached hydrogen (secondary N) is 2. The zero-order valence-corrected chi connectivity index (χ0v) is 7.84. The molecule has 62 valence electrons. The molecule has 2 aromatic rings. The Labute approximate surface area is 75.5 Å². The second-order valence-corrected chi connectivity index (χ2v) is 3.25. The quantitative estimate of drug-likeness (QED) is 0.621. The van der Waals surface area contributed by atoms with Crippen molar-refractivity contribution in [2.45, 2.75) is 6.92 Å². The Morgan fingerprint density at radius 3 is 3.17 bits per heavy atom. The van der Waals surface area contributed by atoms with Crippen molar-refractivity contribution in [3.63, 3.8) is 0 Å². The molecule has 12 heavy (non-hydrogen) atoms. The van der Waals surface area contributed by atoms with Crippen molar-refractivity contribution in [2.75, 3.05) is 0 Å². The third-order valence-electron chi connectivity index (χ3n) is 1.62. The number of rotatable bonds is 0. The smallest absolute Gasteiger partial charge is 0.281 e. The Bertz CT molecular complexity index is 486. The second-order valence-electron chi connectivity index (χ2n) is 2.45. The van der Waals surface area contributed by atoms with Gasteiger partial charge in [0.05, 0.1) is 10.2 Å². The topological polar surface area (TPSA) is 65.6 Å². The maximum atomic E-state index is 11.5. The van der Waals surface area contributed by atoms with Crippen LogP contribution >= 0.6 is 15.9 Å². The molecule has 0 amide bonds. The van der Waals surface area contributed by atoms with Gasteiger partial charge in [-0.2, -0.15) is 0 Å². The van der Waals surface area contributed by atoms with E-state index in [-0.39, 0.29) is 5.43 Å². The largest absolute Gasteiger partial charge is 0.329 e. The number of aryl methyl sites for hydroxylation is 1. The van der Waals surface area contributed by atoms with E-state index in [2.05, 4.69) is 31.2 Å². The summed E-state index contributed by atoms with van der Waals surface area (Å²) in [6.45, 7) is 1.81. The van der Waals surface area contributed by atoms with Crippen molar-refractivity contribution in [1.29, 1.82) is 0 Å². The first-order valence-electron chi connectivity index (χ1n) is 3.33. The van der Waals surface area contributed by atoms with Crippen LogP contribution in [0.25, 0.3) is 5.65 Å². The molecule has 6 heteroatoms. The highest BCUT2D eigenvalue weighted by Crippen LogP contribution is 2.05. The first-order chi connectivity index (χ1) is 5.70. The molecule has 2 rings (SSSR count). The minimum absolute atomic E-state index is 0.0938. The summed E-state index contributed by atoms with van der Waals surface area (Å²) in [6.07, 6.45) is 1.51. The van der Waals surface area contributed by atoms with Gasteiger partial charge in [-0.25, -0.2) is 5.10 Å². The van der Waals surface area contributed by atoms with Gasteiger partial charge >= 0.3 is 5.65 Å². The molecule has 0 aliphatic carbocycles. The normalized spacial score (nSPS) is 10.8. The fourth-order valence-electron chi connectivity index (χ4n) is 1.01. The monoisotopic (exact) mass is 229 g/mol. The highest BCUT2D eigenvalue weighted by molar-refractivity contribution is 9.10. The molecule has 0 radical (unpaired) electrons. The van der Waals surface area contributed by atoms with Crippen LogP contribution in [0, 0.1) is 6.92 Å². The van der Waals surface area contributed by atoms with Crippen LogP contribution in [0.15, 0.2) is 15.6 Å². The molecule has 0 spiro atoms. The summed E-state index contributed by atoms with van der Waals surface area (Å²) in [7, 11) is 0. The average molecular weight is 230 g/mol. The van der Waals surface area contributed by atoms with E-state index in [1.807, 2.05) is 6.92 Å². The van der Waals surface area contributed by atoms with Crippen molar-refractivity contribution >= 4 is 21.6 Å². The van der Waals surface area contributed by atoms with E-state index in [1.54, 1.807) is 4.52 Å². The molecule has 0 aliphatic rings. The van der Waals surface area contributed by atoms with Gasteiger partial charge in [-0.15, -0.1) is 9.61 Å². The summed E-state index contributed by atoms with van der Waals surface area (Å²) < 4.78 is 2.08. The standard InChI is InChI=1S/C6H5BrN4O/c1-3-4(7)5(12)6-9-8-2-11(6)10-3/h2H,1H3,(H,10,12)/p+1. The van der Waals surface area contributed by atoms with Crippen molar-refractivity contribution in [1.82, 2.24) is 15.3 Å². The average Bonchev–Trinajstić information content (AvgIpc) is 2.48. The van der Waals surface area contributed by atoms with Gasteiger partial charge < -0.3 is 0 Å². The molecule has 0 aromatic carbocycles. The van der Waals surface area contributed by atoms with E-state index in [4.69, 9.17) is 0 Å². The zero-order valence-electron chi connectivity index (χ0n) is 6.26. The number of aromatic amines is 2. The molecule has 0 bridgehead atoms. The number of hydrogen-bond donors (Lipinski definition) is 2. The summed E-state index contributed by atoms with van der Waals surface area (Å²) in [5.41, 5.74) is 1.11. The SMILES string of the molecule is Cc1[nH][n+]2cn[nH]c2c(=O)c1Br. The van der Waals surface area contributed by atoms with Crippen LogP contribution in [0.4, 0.5) is 0 Å². The lowest BCUT2D eigenvalue weighted by Crippen LogP contribution is -2.31. The van der Waals surface area contributed by atoms with Crippen molar-refractivity contribution in [2.24, 2.45) is 0 Å². The summed E-state index contributed by atoms with van der Waals surface area (Å²) in [5, 5.41) is 9.28. The molecule has 0 aliphatic heterocycles. The molecule has 0 fully saturated rings. The van der Waals surface area contributed by atoms with Crippen molar-refractivity contribution < 1.29 is 4.52 Å². The summed E-state index contributed by atoms with van der Waals surface area (Å²) in [6, 6.07) is 0. The van der Waals surface area contributed by atoms with E-state index in [9.17, 15) is 4.79 Å². The number of halogens is 1. The zero-order chi connectivity index (χ0) is 8.72. The number of hydrogen-bond acceptors (Lipinski definition) is 2. The minimum Gasteiger partial charge on any atom is -0.281 e. The molecule has 0 atom stereocenters. The predicted molar refractivity (Wildman–Crippen MR) is 44.8 cm³/mol. The van der Waals surface area contributed by atoms with Gasteiger partial charge in [-0.3, -0.25) is 4.79 Å². The number of fused-ring (bicyclic) bond motifs is 1. The molecule has 2 aromatic heterocycles.